The minimum atomic E-state index is 0.498. The Balaban J connectivity index is 2.00. The highest BCUT2D eigenvalue weighted by Crippen LogP contribution is 2.21. The molecule has 2 rings (SSSR count). The van der Waals surface area contributed by atoms with Crippen LogP contribution in [0.3, 0.4) is 0 Å². The molecule has 1 fully saturated rings. The summed E-state index contributed by atoms with van der Waals surface area (Å²) in [4.78, 5) is 6.53. The topological polar surface area (TPSA) is 41.6 Å². The van der Waals surface area contributed by atoms with E-state index >= 15 is 0 Å². The molecule has 0 amide bonds. The Morgan fingerprint density at radius 2 is 1.94 bits per heavy atom. The van der Waals surface area contributed by atoms with Gasteiger partial charge in [-0.15, -0.1) is 0 Å². The summed E-state index contributed by atoms with van der Waals surface area (Å²) in [6.45, 7) is 2.51. The molecule has 3 nitrogen and oxygen atoms in total. The molecule has 0 spiro atoms. The quantitative estimate of drug-likeness (QED) is 0.669. The number of hydrogen-bond donors (Lipinski definition) is 1. The van der Waals surface area contributed by atoms with Gasteiger partial charge in [-0.05, 0) is 37.0 Å². The number of halogens is 2. The second-order valence-electron chi connectivity index (χ2n) is 4.46. The van der Waals surface area contributed by atoms with Crippen LogP contribution in [-0.2, 0) is 6.54 Å². The maximum Gasteiger partial charge on any atom is 0.191 e. The maximum absolute atomic E-state index is 6.09. The van der Waals surface area contributed by atoms with E-state index in [9.17, 15) is 0 Å². The van der Waals surface area contributed by atoms with Gasteiger partial charge >= 0.3 is 0 Å². The lowest BCUT2D eigenvalue weighted by atomic mass is 10.1. The third kappa shape index (κ3) is 3.53. The SMILES string of the molecule is NC(=NCc1ccc(Cl)cc1Cl)N1CCCCC1. The Labute approximate surface area is 118 Å². The van der Waals surface area contributed by atoms with Crippen LogP contribution in [0.2, 0.25) is 10.0 Å². The largest absolute Gasteiger partial charge is 0.370 e. The van der Waals surface area contributed by atoms with Crippen LogP contribution in [0, 0.1) is 0 Å². The predicted molar refractivity (Wildman–Crippen MR) is 77.2 cm³/mol. The van der Waals surface area contributed by atoms with Gasteiger partial charge < -0.3 is 10.6 Å². The first-order valence-electron chi connectivity index (χ1n) is 6.15. The molecule has 1 aromatic carbocycles. The van der Waals surface area contributed by atoms with E-state index in [-0.39, 0.29) is 0 Å². The van der Waals surface area contributed by atoms with Gasteiger partial charge in [-0.2, -0.15) is 0 Å². The molecule has 0 bridgehead atoms. The molecule has 0 radical (unpaired) electrons. The molecule has 0 atom stereocenters. The number of aliphatic imine (C=N–C) groups is 1. The van der Waals surface area contributed by atoms with Gasteiger partial charge in [0.1, 0.15) is 0 Å². The highest BCUT2D eigenvalue weighted by molar-refractivity contribution is 6.35. The van der Waals surface area contributed by atoms with Crippen molar-refractivity contribution in [2.75, 3.05) is 13.1 Å². The smallest absolute Gasteiger partial charge is 0.191 e. The Morgan fingerprint density at radius 3 is 2.61 bits per heavy atom. The highest BCUT2D eigenvalue weighted by atomic mass is 35.5. The van der Waals surface area contributed by atoms with E-state index in [1.54, 1.807) is 6.07 Å². The summed E-state index contributed by atoms with van der Waals surface area (Å²) in [5.41, 5.74) is 6.93. The van der Waals surface area contributed by atoms with Gasteiger partial charge in [-0.1, -0.05) is 29.3 Å². The second-order valence-corrected chi connectivity index (χ2v) is 5.30. The number of hydrogen-bond acceptors (Lipinski definition) is 1. The minimum absolute atomic E-state index is 0.498. The Morgan fingerprint density at radius 1 is 1.22 bits per heavy atom. The molecule has 1 saturated heterocycles. The van der Waals surface area contributed by atoms with Crippen LogP contribution in [0.15, 0.2) is 23.2 Å². The van der Waals surface area contributed by atoms with Gasteiger partial charge in [-0.25, -0.2) is 4.99 Å². The van der Waals surface area contributed by atoms with Crippen LogP contribution in [0.1, 0.15) is 24.8 Å². The van der Waals surface area contributed by atoms with Crippen molar-refractivity contribution in [3.05, 3.63) is 33.8 Å². The number of piperidine rings is 1. The molecule has 5 heteroatoms. The molecule has 98 valence electrons. The summed E-state index contributed by atoms with van der Waals surface area (Å²) >= 11 is 11.9. The number of nitrogens with two attached hydrogens (primary N) is 1. The zero-order valence-electron chi connectivity index (χ0n) is 10.2. The van der Waals surface area contributed by atoms with Crippen molar-refractivity contribution in [1.82, 2.24) is 4.90 Å². The lowest BCUT2D eigenvalue weighted by molar-refractivity contribution is 0.338. The monoisotopic (exact) mass is 285 g/mol. The van der Waals surface area contributed by atoms with Crippen molar-refractivity contribution in [3.63, 3.8) is 0 Å². The van der Waals surface area contributed by atoms with E-state index in [0.717, 1.165) is 18.7 Å². The number of guanidine groups is 1. The molecule has 1 aromatic rings. The lowest BCUT2D eigenvalue weighted by Gasteiger charge is -2.27. The normalized spacial score (nSPS) is 17.0. The van der Waals surface area contributed by atoms with Crippen LogP contribution in [0.5, 0.6) is 0 Å². The molecule has 0 aliphatic carbocycles. The molecule has 1 aliphatic rings. The summed E-state index contributed by atoms with van der Waals surface area (Å²) < 4.78 is 0. The highest BCUT2D eigenvalue weighted by Gasteiger charge is 2.11. The molecule has 18 heavy (non-hydrogen) atoms. The number of benzene rings is 1. The van der Waals surface area contributed by atoms with Crippen molar-refractivity contribution in [1.29, 1.82) is 0 Å². The van der Waals surface area contributed by atoms with Crippen molar-refractivity contribution in [3.8, 4) is 0 Å². The standard InChI is InChI=1S/C13H17Cl2N3/c14-11-5-4-10(12(15)8-11)9-17-13(16)18-6-2-1-3-7-18/h4-5,8H,1-3,6-7,9H2,(H2,16,17). The molecule has 2 N–H and O–H groups in total. The van der Waals surface area contributed by atoms with Crippen molar-refractivity contribution < 1.29 is 0 Å². The van der Waals surface area contributed by atoms with E-state index < -0.39 is 0 Å². The van der Waals surface area contributed by atoms with Crippen molar-refractivity contribution in [2.45, 2.75) is 25.8 Å². The van der Waals surface area contributed by atoms with E-state index in [0.29, 0.717) is 22.5 Å². The average molecular weight is 286 g/mol. The van der Waals surface area contributed by atoms with E-state index in [2.05, 4.69) is 9.89 Å². The Hall–Kier alpha value is -0.930. The summed E-state index contributed by atoms with van der Waals surface area (Å²) in [5.74, 6) is 0.612. The molecule has 1 aliphatic heterocycles. The van der Waals surface area contributed by atoms with Crippen LogP contribution in [0.4, 0.5) is 0 Å². The zero-order chi connectivity index (χ0) is 13.0. The lowest BCUT2D eigenvalue weighted by Crippen LogP contribution is -2.40. The van der Waals surface area contributed by atoms with Crippen molar-refractivity contribution in [2.24, 2.45) is 10.7 Å². The molecule has 0 aromatic heterocycles. The third-order valence-corrected chi connectivity index (χ3v) is 3.69. The van der Waals surface area contributed by atoms with Gasteiger partial charge in [0.15, 0.2) is 5.96 Å². The van der Waals surface area contributed by atoms with Crippen LogP contribution in [0.25, 0.3) is 0 Å². The molecule has 1 heterocycles. The third-order valence-electron chi connectivity index (χ3n) is 3.11. The maximum atomic E-state index is 6.09. The number of likely N-dealkylation sites (tertiary alicyclic amines) is 1. The average Bonchev–Trinajstić information content (AvgIpc) is 2.38. The fourth-order valence-electron chi connectivity index (χ4n) is 2.04. The van der Waals surface area contributed by atoms with E-state index in [4.69, 9.17) is 28.9 Å². The molecule has 0 saturated carbocycles. The van der Waals surface area contributed by atoms with E-state index in [1.165, 1.54) is 19.3 Å². The number of nitrogens with zero attached hydrogens (tertiary/aromatic N) is 2. The summed E-state index contributed by atoms with van der Waals surface area (Å²) in [6.07, 6.45) is 3.67. The first kappa shape index (κ1) is 13.5. The summed E-state index contributed by atoms with van der Waals surface area (Å²) in [6, 6.07) is 5.43. The number of rotatable bonds is 2. The molecule has 0 unspecified atom stereocenters. The van der Waals surface area contributed by atoms with Crippen molar-refractivity contribution >= 4 is 29.2 Å². The van der Waals surface area contributed by atoms with Crippen LogP contribution in [-0.4, -0.2) is 23.9 Å². The van der Waals surface area contributed by atoms with Gasteiger partial charge in [0.05, 0.1) is 6.54 Å². The molecular formula is C13H17Cl2N3. The van der Waals surface area contributed by atoms with Gasteiger partial charge in [-0.3, -0.25) is 0 Å². The fraction of sp³-hybridized carbons (Fsp3) is 0.462. The second kappa shape index (κ2) is 6.30. The molecular weight excluding hydrogens is 269 g/mol. The Bertz CT molecular complexity index is 440. The predicted octanol–water partition coefficient (Wildman–Crippen LogP) is 3.29. The van der Waals surface area contributed by atoms with Gasteiger partial charge in [0.2, 0.25) is 0 Å². The fourth-order valence-corrected chi connectivity index (χ4v) is 2.51. The van der Waals surface area contributed by atoms with Crippen LogP contribution >= 0.6 is 23.2 Å². The van der Waals surface area contributed by atoms with Crippen LogP contribution < -0.4 is 5.73 Å². The first-order chi connectivity index (χ1) is 8.66. The summed E-state index contributed by atoms with van der Waals surface area (Å²) in [5, 5.41) is 1.27. The van der Waals surface area contributed by atoms with Gasteiger partial charge in [0.25, 0.3) is 0 Å². The first-order valence-corrected chi connectivity index (χ1v) is 6.91. The minimum Gasteiger partial charge on any atom is -0.370 e. The van der Waals surface area contributed by atoms with E-state index in [1.807, 2.05) is 12.1 Å². The van der Waals surface area contributed by atoms with Gasteiger partial charge in [0, 0.05) is 23.1 Å². The Kier molecular flexibility index (Phi) is 4.72. The zero-order valence-corrected chi connectivity index (χ0v) is 11.7. The summed E-state index contributed by atoms with van der Waals surface area (Å²) in [7, 11) is 0.